The van der Waals surface area contributed by atoms with Gasteiger partial charge in [0.1, 0.15) is 4.88 Å². The van der Waals surface area contributed by atoms with E-state index >= 15 is 0 Å². The summed E-state index contributed by atoms with van der Waals surface area (Å²) < 4.78 is 0. The number of nitrogen functional groups attached to an aromatic ring is 1. The summed E-state index contributed by atoms with van der Waals surface area (Å²) >= 11 is 1.36. The number of amides is 1. The van der Waals surface area contributed by atoms with Gasteiger partial charge >= 0.3 is 0 Å². The van der Waals surface area contributed by atoms with Crippen molar-refractivity contribution in [3.8, 4) is 0 Å². The van der Waals surface area contributed by atoms with E-state index in [0.29, 0.717) is 10.6 Å². The molecule has 82 valence electrons. The van der Waals surface area contributed by atoms with Gasteiger partial charge in [0.25, 0.3) is 5.91 Å². The normalized spacial score (nSPS) is 20.9. The first-order valence-corrected chi connectivity index (χ1v) is 5.87. The van der Waals surface area contributed by atoms with Gasteiger partial charge in [-0.1, -0.05) is 0 Å². The zero-order valence-electron chi connectivity index (χ0n) is 8.35. The van der Waals surface area contributed by atoms with Crippen molar-refractivity contribution in [1.29, 1.82) is 0 Å². The highest BCUT2D eigenvalue weighted by molar-refractivity contribution is 7.12. The quantitative estimate of drug-likeness (QED) is 0.788. The first kappa shape index (κ1) is 10.4. The lowest BCUT2D eigenvalue weighted by Gasteiger charge is -2.22. The summed E-state index contributed by atoms with van der Waals surface area (Å²) in [5.74, 6) is -0.0425. The van der Waals surface area contributed by atoms with Crippen LogP contribution in [-0.2, 0) is 0 Å². The zero-order valence-corrected chi connectivity index (χ0v) is 9.17. The number of anilines is 1. The SMILES string of the molecule is Nc1ccsc1C(=O)N1CCC[C@H]1CO. The predicted octanol–water partition coefficient (Wildman–Crippen LogP) is 0.927. The Morgan fingerprint density at radius 3 is 3.13 bits per heavy atom. The van der Waals surface area contributed by atoms with Crippen LogP contribution < -0.4 is 5.73 Å². The van der Waals surface area contributed by atoms with E-state index in [1.807, 2.05) is 5.38 Å². The van der Waals surface area contributed by atoms with Crippen molar-refractivity contribution in [2.24, 2.45) is 0 Å². The van der Waals surface area contributed by atoms with Gasteiger partial charge in [-0.05, 0) is 24.3 Å². The third-order valence-electron chi connectivity index (χ3n) is 2.74. The Balaban J connectivity index is 2.18. The summed E-state index contributed by atoms with van der Waals surface area (Å²) in [7, 11) is 0. The number of thiophene rings is 1. The van der Waals surface area contributed by atoms with Crippen molar-refractivity contribution < 1.29 is 9.90 Å². The molecule has 15 heavy (non-hydrogen) atoms. The van der Waals surface area contributed by atoms with E-state index in [1.165, 1.54) is 11.3 Å². The van der Waals surface area contributed by atoms with Crippen molar-refractivity contribution in [3.63, 3.8) is 0 Å². The molecule has 1 aliphatic rings. The molecule has 1 amide bonds. The Hall–Kier alpha value is -1.07. The van der Waals surface area contributed by atoms with Gasteiger partial charge in [0.2, 0.25) is 0 Å². The molecule has 0 aromatic carbocycles. The van der Waals surface area contributed by atoms with E-state index in [0.717, 1.165) is 19.4 Å². The second-order valence-corrected chi connectivity index (χ2v) is 4.60. The zero-order chi connectivity index (χ0) is 10.8. The van der Waals surface area contributed by atoms with Crippen molar-refractivity contribution in [2.75, 3.05) is 18.9 Å². The Labute approximate surface area is 92.3 Å². The molecule has 2 rings (SSSR count). The minimum Gasteiger partial charge on any atom is -0.397 e. The van der Waals surface area contributed by atoms with Crippen LogP contribution in [0.4, 0.5) is 5.69 Å². The standard InChI is InChI=1S/C10H14N2O2S/c11-8-3-5-15-9(8)10(14)12-4-1-2-7(12)6-13/h3,5,7,13H,1-2,4,6,11H2/t7-/m0/s1. The number of hydrogen-bond acceptors (Lipinski definition) is 4. The average Bonchev–Trinajstić information content (AvgIpc) is 2.84. The minimum atomic E-state index is -0.0425. The number of rotatable bonds is 2. The van der Waals surface area contributed by atoms with E-state index in [4.69, 9.17) is 10.8 Å². The molecule has 0 radical (unpaired) electrons. The number of carbonyl (C=O) groups excluding carboxylic acids is 1. The third kappa shape index (κ3) is 1.85. The fraction of sp³-hybridized carbons (Fsp3) is 0.500. The number of aliphatic hydroxyl groups is 1. The van der Waals surface area contributed by atoms with E-state index < -0.39 is 0 Å². The number of likely N-dealkylation sites (tertiary alicyclic amines) is 1. The van der Waals surface area contributed by atoms with E-state index in [-0.39, 0.29) is 18.6 Å². The molecule has 0 unspecified atom stereocenters. The van der Waals surface area contributed by atoms with Gasteiger partial charge in [-0.3, -0.25) is 4.79 Å². The molecular formula is C10H14N2O2S. The molecule has 0 aliphatic carbocycles. The number of aliphatic hydroxyl groups excluding tert-OH is 1. The summed E-state index contributed by atoms with van der Waals surface area (Å²) in [4.78, 5) is 14.4. The number of nitrogens with two attached hydrogens (primary N) is 1. The maximum atomic E-state index is 12.0. The lowest BCUT2D eigenvalue weighted by Crippen LogP contribution is -2.37. The predicted molar refractivity (Wildman–Crippen MR) is 59.9 cm³/mol. The molecule has 0 spiro atoms. The lowest BCUT2D eigenvalue weighted by molar-refractivity contribution is 0.0683. The Morgan fingerprint density at radius 2 is 2.53 bits per heavy atom. The van der Waals surface area contributed by atoms with Crippen LogP contribution in [0.25, 0.3) is 0 Å². The van der Waals surface area contributed by atoms with Crippen molar-refractivity contribution in [2.45, 2.75) is 18.9 Å². The lowest BCUT2D eigenvalue weighted by atomic mass is 10.2. The molecular weight excluding hydrogens is 212 g/mol. The van der Waals surface area contributed by atoms with Gasteiger partial charge in [-0.25, -0.2) is 0 Å². The molecule has 2 heterocycles. The van der Waals surface area contributed by atoms with Gasteiger partial charge < -0.3 is 15.7 Å². The van der Waals surface area contributed by atoms with Crippen LogP contribution in [0.2, 0.25) is 0 Å². The average molecular weight is 226 g/mol. The highest BCUT2D eigenvalue weighted by Gasteiger charge is 2.30. The molecule has 1 saturated heterocycles. The third-order valence-corrected chi connectivity index (χ3v) is 3.66. The molecule has 3 N–H and O–H groups in total. The number of hydrogen-bond donors (Lipinski definition) is 2. The van der Waals surface area contributed by atoms with Crippen molar-refractivity contribution in [1.82, 2.24) is 4.90 Å². The maximum absolute atomic E-state index is 12.0. The molecule has 0 bridgehead atoms. The van der Waals surface area contributed by atoms with Crippen LogP contribution in [0, 0.1) is 0 Å². The summed E-state index contributed by atoms with van der Waals surface area (Å²) in [6, 6.07) is 1.71. The second-order valence-electron chi connectivity index (χ2n) is 3.68. The smallest absolute Gasteiger partial charge is 0.266 e. The van der Waals surface area contributed by atoms with Crippen LogP contribution in [-0.4, -0.2) is 35.1 Å². The first-order chi connectivity index (χ1) is 7.24. The number of nitrogens with zero attached hydrogens (tertiary/aromatic N) is 1. The highest BCUT2D eigenvalue weighted by Crippen LogP contribution is 2.25. The van der Waals surface area contributed by atoms with Gasteiger partial charge in [0, 0.05) is 6.54 Å². The van der Waals surface area contributed by atoms with Gasteiger partial charge in [-0.2, -0.15) is 0 Å². The molecule has 1 atom stereocenters. The highest BCUT2D eigenvalue weighted by atomic mass is 32.1. The van der Waals surface area contributed by atoms with Crippen LogP contribution >= 0.6 is 11.3 Å². The van der Waals surface area contributed by atoms with Crippen LogP contribution in [0.15, 0.2) is 11.4 Å². The van der Waals surface area contributed by atoms with Crippen molar-refractivity contribution >= 4 is 22.9 Å². The molecule has 1 aliphatic heterocycles. The molecule has 1 aromatic heterocycles. The van der Waals surface area contributed by atoms with Gasteiger partial charge in [-0.15, -0.1) is 11.3 Å². The maximum Gasteiger partial charge on any atom is 0.266 e. The largest absolute Gasteiger partial charge is 0.397 e. The van der Waals surface area contributed by atoms with Crippen LogP contribution in [0.3, 0.4) is 0 Å². The van der Waals surface area contributed by atoms with Crippen molar-refractivity contribution in [3.05, 3.63) is 16.3 Å². The molecule has 1 fully saturated rings. The molecule has 4 nitrogen and oxygen atoms in total. The summed E-state index contributed by atoms with van der Waals surface area (Å²) in [6.45, 7) is 0.762. The van der Waals surface area contributed by atoms with E-state index in [1.54, 1.807) is 11.0 Å². The molecule has 0 saturated carbocycles. The monoisotopic (exact) mass is 226 g/mol. The van der Waals surface area contributed by atoms with E-state index in [9.17, 15) is 4.79 Å². The topological polar surface area (TPSA) is 66.6 Å². The van der Waals surface area contributed by atoms with Gasteiger partial charge in [0.05, 0.1) is 18.3 Å². The Kier molecular flexibility index (Phi) is 2.93. The Bertz CT molecular complexity index is 364. The molecule has 5 heteroatoms. The summed E-state index contributed by atoms with van der Waals surface area (Å²) in [5, 5.41) is 10.9. The second kappa shape index (κ2) is 4.20. The Morgan fingerprint density at radius 1 is 1.73 bits per heavy atom. The van der Waals surface area contributed by atoms with Crippen LogP contribution in [0.1, 0.15) is 22.5 Å². The van der Waals surface area contributed by atoms with E-state index in [2.05, 4.69) is 0 Å². The first-order valence-electron chi connectivity index (χ1n) is 4.99. The van der Waals surface area contributed by atoms with Crippen LogP contribution in [0.5, 0.6) is 0 Å². The fourth-order valence-corrected chi connectivity index (χ4v) is 2.69. The molecule has 1 aromatic rings. The summed E-state index contributed by atoms with van der Waals surface area (Å²) in [5.41, 5.74) is 6.23. The minimum absolute atomic E-state index is 0.0287. The number of carbonyl (C=O) groups is 1. The van der Waals surface area contributed by atoms with Gasteiger partial charge in [0.15, 0.2) is 0 Å². The summed E-state index contributed by atoms with van der Waals surface area (Å²) in [6.07, 6.45) is 1.84. The fourth-order valence-electron chi connectivity index (χ4n) is 1.92.